The maximum atomic E-state index is 6.14. The van der Waals surface area contributed by atoms with E-state index in [1.807, 2.05) is 0 Å². The standard InChI is InChI=1S/C12H22BrClO/c1-9-4-10(2)6-11(5-9)15-12(3,7-13)8-14/h9-11H,4-8H2,1-3H3. The van der Waals surface area contributed by atoms with Crippen LogP contribution in [-0.4, -0.2) is 22.9 Å². The first kappa shape index (κ1) is 13.8. The minimum atomic E-state index is -0.205. The summed E-state index contributed by atoms with van der Waals surface area (Å²) in [5, 5.41) is 0.808. The summed E-state index contributed by atoms with van der Waals surface area (Å²) in [5.74, 6) is 2.12. The number of ether oxygens (including phenoxy) is 1. The van der Waals surface area contributed by atoms with Gasteiger partial charge in [-0.15, -0.1) is 11.6 Å². The van der Waals surface area contributed by atoms with E-state index in [0.29, 0.717) is 12.0 Å². The van der Waals surface area contributed by atoms with E-state index in [9.17, 15) is 0 Å². The van der Waals surface area contributed by atoms with Crippen LogP contribution in [0.3, 0.4) is 0 Å². The smallest absolute Gasteiger partial charge is 0.0889 e. The molecule has 0 amide bonds. The molecule has 0 aromatic rings. The molecule has 0 spiro atoms. The van der Waals surface area contributed by atoms with Crippen molar-refractivity contribution < 1.29 is 4.74 Å². The van der Waals surface area contributed by atoms with Crippen molar-refractivity contribution in [3.63, 3.8) is 0 Å². The van der Waals surface area contributed by atoms with Gasteiger partial charge in [-0.25, -0.2) is 0 Å². The van der Waals surface area contributed by atoms with Gasteiger partial charge in [0.2, 0.25) is 0 Å². The average molecular weight is 298 g/mol. The van der Waals surface area contributed by atoms with Crippen LogP contribution >= 0.6 is 27.5 Å². The van der Waals surface area contributed by atoms with E-state index in [2.05, 4.69) is 36.7 Å². The zero-order valence-electron chi connectivity index (χ0n) is 9.93. The minimum Gasteiger partial charge on any atom is -0.370 e. The van der Waals surface area contributed by atoms with Gasteiger partial charge in [-0.3, -0.25) is 0 Å². The van der Waals surface area contributed by atoms with Crippen molar-refractivity contribution >= 4 is 27.5 Å². The zero-order valence-corrected chi connectivity index (χ0v) is 12.3. The summed E-state index contributed by atoms with van der Waals surface area (Å²) < 4.78 is 6.14. The molecule has 3 unspecified atom stereocenters. The van der Waals surface area contributed by atoms with Crippen molar-refractivity contribution in [1.82, 2.24) is 0 Å². The molecular weight excluding hydrogens is 275 g/mol. The maximum Gasteiger partial charge on any atom is 0.0889 e. The molecule has 0 bridgehead atoms. The van der Waals surface area contributed by atoms with Crippen molar-refractivity contribution in [2.24, 2.45) is 11.8 Å². The van der Waals surface area contributed by atoms with E-state index >= 15 is 0 Å². The highest BCUT2D eigenvalue weighted by atomic mass is 79.9. The summed E-state index contributed by atoms with van der Waals surface area (Å²) in [6.07, 6.45) is 4.10. The summed E-state index contributed by atoms with van der Waals surface area (Å²) >= 11 is 9.43. The predicted molar refractivity (Wildman–Crippen MR) is 70.0 cm³/mol. The third-order valence-corrected chi connectivity index (χ3v) is 4.90. The van der Waals surface area contributed by atoms with Crippen LogP contribution in [0.15, 0.2) is 0 Å². The molecule has 0 saturated heterocycles. The van der Waals surface area contributed by atoms with Crippen molar-refractivity contribution in [2.75, 3.05) is 11.2 Å². The second kappa shape index (κ2) is 5.88. The van der Waals surface area contributed by atoms with Gasteiger partial charge in [0.25, 0.3) is 0 Å². The number of rotatable bonds is 4. The lowest BCUT2D eigenvalue weighted by atomic mass is 9.81. The van der Waals surface area contributed by atoms with Crippen LogP contribution in [0.5, 0.6) is 0 Å². The van der Waals surface area contributed by atoms with Gasteiger partial charge in [0.15, 0.2) is 0 Å². The van der Waals surface area contributed by atoms with Gasteiger partial charge in [0.05, 0.1) is 17.6 Å². The van der Waals surface area contributed by atoms with Crippen molar-refractivity contribution in [3.8, 4) is 0 Å². The van der Waals surface area contributed by atoms with Crippen LogP contribution in [0.4, 0.5) is 0 Å². The summed E-state index contributed by atoms with van der Waals surface area (Å²) in [5.41, 5.74) is -0.205. The van der Waals surface area contributed by atoms with Crippen LogP contribution in [0.25, 0.3) is 0 Å². The molecule has 1 rings (SSSR count). The van der Waals surface area contributed by atoms with Crippen LogP contribution in [0.1, 0.15) is 40.0 Å². The molecule has 0 aromatic carbocycles. The normalized spacial score (nSPS) is 36.2. The third-order valence-electron chi connectivity index (χ3n) is 3.15. The summed E-state index contributed by atoms with van der Waals surface area (Å²) in [4.78, 5) is 0. The molecule has 3 atom stereocenters. The Bertz CT molecular complexity index is 184. The monoisotopic (exact) mass is 296 g/mol. The van der Waals surface area contributed by atoms with Gasteiger partial charge in [-0.05, 0) is 38.0 Å². The Morgan fingerprint density at radius 2 is 1.80 bits per heavy atom. The SMILES string of the molecule is CC1CC(C)CC(OC(C)(CCl)CBr)C1. The van der Waals surface area contributed by atoms with Crippen LogP contribution in [-0.2, 0) is 4.74 Å². The highest BCUT2D eigenvalue weighted by Crippen LogP contribution is 2.33. The third kappa shape index (κ3) is 4.24. The molecular formula is C12H22BrClO. The molecule has 3 heteroatoms. The van der Waals surface area contributed by atoms with Gasteiger partial charge in [0, 0.05) is 5.33 Å². The quantitative estimate of drug-likeness (QED) is 0.706. The fourth-order valence-corrected chi connectivity index (χ4v) is 3.19. The number of alkyl halides is 2. The Labute approximate surface area is 107 Å². The molecule has 1 aliphatic carbocycles. The van der Waals surface area contributed by atoms with Crippen LogP contribution in [0.2, 0.25) is 0 Å². The van der Waals surface area contributed by atoms with Crippen molar-refractivity contribution in [2.45, 2.75) is 51.7 Å². The molecule has 0 heterocycles. The fraction of sp³-hybridized carbons (Fsp3) is 1.00. The number of hydrogen-bond acceptors (Lipinski definition) is 1. The lowest BCUT2D eigenvalue weighted by Gasteiger charge is -2.37. The fourth-order valence-electron chi connectivity index (χ4n) is 2.47. The molecule has 1 nitrogen and oxygen atoms in total. The molecule has 0 aliphatic heterocycles. The van der Waals surface area contributed by atoms with Gasteiger partial charge in [-0.1, -0.05) is 29.8 Å². The lowest BCUT2D eigenvalue weighted by molar-refractivity contribution is -0.0828. The number of hydrogen-bond donors (Lipinski definition) is 0. The second-order valence-corrected chi connectivity index (χ2v) is 6.20. The van der Waals surface area contributed by atoms with Crippen LogP contribution < -0.4 is 0 Å². The molecule has 1 aliphatic rings. The Morgan fingerprint density at radius 3 is 2.20 bits per heavy atom. The van der Waals surface area contributed by atoms with E-state index in [-0.39, 0.29) is 5.60 Å². The van der Waals surface area contributed by atoms with Crippen molar-refractivity contribution in [3.05, 3.63) is 0 Å². The van der Waals surface area contributed by atoms with Gasteiger partial charge < -0.3 is 4.74 Å². The summed E-state index contributed by atoms with van der Waals surface area (Å²) in [7, 11) is 0. The largest absolute Gasteiger partial charge is 0.370 e. The molecule has 15 heavy (non-hydrogen) atoms. The molecule has 90 valence electrons. The average Bonchev–Trinajstić information content (AvgIpc) is 2.16. The second-order valence-electron chi connectivity index (χ2n) is 5.37. The van der Waals surface area contributed by atoms with E-state index in [4.69, 9.17) is 16.3 Å². The van der Waals surface area contributed by atoms with Crippen LogP contribution in [0, 0.1) is 11.8 Å². The van der Waals surface area contributed by atoms with E-state index in [1.54, 1.807) is 0 Å². The topological polar surface area (TPSA) is 9.23 Å². The first-order chi connectivity index (χ1) is 6.99. The Balaban J connectivity index is 2.49. The zero-order chi connectivity index (χ0) is 11.5. The molecule has 1 saturated carbocycles. The Hall–Kier alpha value is 0.730. The minimum absolute atomic E-state index is 0.205. The first-order valence-electron chi connectivity index (χ1n) is 5.79. The highest BCUT2D eigenvalue weighted by Gasteiger charge is 2.31. The first-order valence-corrected chi connectivity index (χ1v) is 7.44. The Kier molecular flexibility index (Phi) is 5.41. The molecule has 0 radical (unpaired) electrons. The van der Waals surface area contributed by atoms with E-state index in [0.717, 1.165) is 17.2 Å². The van der Waals surface area contributed by atoms with Gasteiger partial charge in [0.1, 0.15) is 0 Å². The molecule has 0 aromatic heterocycles. The number of halogens is 2. The summed E-state index contributed by atoms with van der Waals surface area (Å²) in [6.45, 7) is 6.72. The van der Waals surface area contributed by atoms with Crippen molar-refractivity contribution in [1.29, 1.82) is 0 Å². The van der Waals surface area contributed by atoms with E-state index < -0.39 is 0 Å². The molecule has 0 N–H and O–H groups in total. The molecule has 1 fully saturated rings. The maximum absolute atomic E-state index is 6.14. The highest BCUT2D eigenvalue weighted by molar-refractivity contribution is 9.09. The van der Waals surface area contributed by atoms with Gasteiger partial charge in [-0.2, -0.15) is 0 Å². The van der Waals surface area contributed by atoms with Gasteiger partial charge >= 0.3 is 0 Å². The Morgan fingerprint density at radius 1 is 1.27 bits per heavy atom. The predicted octanol–water partition coefficient (Wildman–Crippen LogP) is 4.22. The van der Waals surface area contributed by atoms with E-state index in [1.165, 1.54) is 19.3 Å². The summed E-state index contributed by atoms with van der Waals surface area (Å²) in [6, 6.07) is 0. The lowest BCUT2D eigenvalue weighted by Crippen LogP contribution is -2.40.